The van der Waals surface area contributed by atoms with E-state index in [1.54, 1.807) is 30.3 Å². The Kier molecular flexibility index (Phi) is 8.03. The zero-order valence-electron chi connectivity index (χ0n) is 22.1. The van der Waals surface area contributed by atoms with Crippen molar-refractivity contribution in [1.82, 2.24) is 19.9 Å². The summed E-state index contributed by atoms with van der Waals surface area (Å²) in [7, 11) is 0. The summed E-state index contributed by atoms with van der Waals surface area (Å²) < 4.78 is 84.7. The Hall–Kier alpha value is -5.73. The zero-order valence-corrected chi connectivity index (χ0v) is 22.1. The number of rotatable bonds is 6. The lowest BCUT2D eigenvalue weighted by molar-refractivity contribution is -0.138. The molecule has 3 heterocycles. The van der Waals surface area contributed by atoms with Crippen molar-refractivity contribution in [2.24, 2.45) is 0 Å². The molecule has 2 amide bonds. The van der Waals surface area contributed by atoms with Crippen LogP contribution in [-0.4, -0.2) is 26.0 Å². The van der Waals surface area contributed by atoms with Gasteiger partial charge in [0, 0.05) is 23.5 Å². The number of halogens is 6. The van der Waals surface area contributed by atoms with E-state index in [1.165, 1.54) is 36.7 Å². The van der Waals surface area contributed by atoms with Gasteiger partial charge in [-0.05, 0) is 29.8 Å². The second-order valence-electron chi connectivity index (χ2n) is 9.10. The molecule has 5 aromatic rings. The number of ether oxygens (including phenoxy) is 1. The van der Waals surface area contributed by atoms with Crippen LogP contribution in [0.2, 0.25) is 0 Å². The van der Waals surface area contributed by atoms with Crippen molar-refractivity contribution in [3.05, 3.63) is 103 Å². The largest absolute Gasteiger partial charge is 0.424 e. The van der Waals surface area contributed by atoms with Gasteiger partial charge in [0.05, 0.1) is 40.6 Å². The average molecular weight is 612 g/mol. The van der Waals surface area contributed by atoms with E-state index in [9.17, 15) is 31.1 Å². The van der Waals surface area contributed by atoms with Crippen molar-refractivity contribution in [3.63, 3.8) is 0 Å². The molecule has 2 aromatic carbocycles. The van der Waals surface area contributed by atoms with Crippen molar-refractivity contribution in [1.29, 1.82) is 0 Å². The average Bonchev–Trinajstić information content (AvgIpc) is 2.98. The van der Waals surface area contributed by atoms with Gasteiger partial charge in [-0.3, -0.25) is 4.98 Å². The molecule has 0 unspecified atom stereocenters. The van der Waals surface area contributed by atoms with Gasteiger partial charge in [-0.2, -0.15) is 26.3 Å². The number of anilines is 3. The number of nitrogens with two attached hydrogens (primary N) is 1. The highest BCUT2D eigenvalue weighted by Gasteiger charge is 2.33. The number of amides is 2. The van der Waals surface area contributed by atoms with E-state index >= 15 is 0 Å². The summed E-state index contributed by atoms with van der Waals surface area (Å²) in [4.78, 5) is 28.2. The lowest BCUT2D eigenvalue weighted by atomic mass is 10.0. The highest BCUT2D eigenvalue weighted by atomic mass is 19.4. The van der Waals surface area contributed by atoms with Crippen LogP contribution in [0, 0.1) is 0 Å². The molecular weight excluding hydrogens is 592 g/mol. The minimum atomic E-state index is -4.68. The smallest absolute Gasteiger partial charge is 0.417 e. The van der Waals surface area contributed by atoms with Crippen LogP contribution >= 0.6 is 0 Å². The van der Waals surface area contributed by atoms with E-state index < -0.39 is 29.5 Å². The molecule has 0 bridgehead atoms. The molecule has 3 aromatic heterocycles. The number of nitrogens with one attached hydrogen (secondary N) is 2. The Morgan fingerprint density at radius 1 is 0.705 bits per heavy atom. The molecule has 0 saturated heterocycles. The number of hydrogen-bond acceptors (Lipinski definition) is 7. The van der Waals surface area contributed by atoms with Gasteiger partial charge < -0.3 is 21.1 Å². The molecule has 0 aliphatic rings. The molecule has 44 heavy (non-hydrogen) atoms. The molecule has 0 radical (unpaired) electrons. The first kappa shape index (κ1) is 29.8. The summed E-state index contributed by atoms with van der Waals surface area (Å²) in [5.41, 5.74) is 4.78. The quantitative estimate of drug-likeness (QED) is 0.168. The minimum Gasteiger partial charge on any atom is -0.424 e. The summed E-state index contributed by atoms with van der Waals surface area (Å²) >= 11 is 0. The molecular formula is C29H19F6N7O2. The van der Waals surface area contributed by atoms with Crippen LogP contribution in [0.1, 0.15) is 11.1 Å². The fraction of sp³-hybridized carbons (Fsp3) is 0.0690. The Morgan fingerprint density at radius 3 is 1.95 bits per heavy atom. The normalized spacial score (nSPS) is 11.6. The van der Waals surface area contributed by atoms with Gasteiger partial charge in [0.25, 0.3) is 0 Å². The predicted molar refractivity (Wildman–Crippen MR) is 149 cm³/mol. The molecule has 0 spiro atoms. The first-order chi connectivity index (χ1) is 20.9. The predicted octanol–water partition coefficient (Wildman–Crippen LogP) is 7.66. The summed E-state index contributed by atoms with van der Waals surface area (Å²) in [6.07, 6.45) is -5.52. The number of nitrogen functional groups attached to an aromatic ring is 1. The third-order valence-electron chi connectivity index (χ3n) is 6.02. The topological polar surface area (TPSA) is 128 Å². The second kappa shape index (κ2) is 11.9. The van der Waals surface area contributed by atoms with E-state index in [0.29, 0.717) is 23.5 Å². The maximum absolute atomic E-state index is 13.3. The molecule has 0 aliphatic heterocycles. The molecule has 0 aliphatic carbocycles. The molecule has 5 rings (SSSR count). The van der Waals surface area contributed by atoms with Crippen molar-refractivity contribution in [3.8, 4) is 34.1 Å². The molecule has 9 nitrogen and oxygen atoms in total. The number of carbonyl (C=O) groups excluding carboxylic acids is 1. The zero-order chi connectivity index (χ0) is 31.5. The SMILES string of the molecule is Nc1ncc(C(F)(F)F)cc1-c1ccc(Oc2ncc(NC(=O)Nc3cc(C(F)(F)F)cnc3-c3ccccc3)cn2)cc1. The summed E-state index contributed by atoms with van der Waals surface area (Å²) in [6.45, 7) is 0. The van der Waals surface area contributed by atoms with Crippen LogP contribution in [0.15, 0.2) is 91.5 Å². The number of benzene rings is 2. The molecule has 4 N–H and O–H groups in total. The van der Waals surface area contributed by atoms with E-state index in [-0.39, 0.29) is 40.2 Å². The van der Waals surface area contributed by atoms with Crippen molar-refractivity contribution in [2.45, 2.75) is 12.4 Å². The molecule has 15 heteroatoms. The van der Waals surface area contributed by atoms with Crippen LogP contribution in [0.4, 0.5) is 48.3 Å². The third-order valence-corrected chi connectivity index (χ3v) is 6.02. The van der Waals surface area contributed by atoms with Crippen LogP contribution in [0.3, 0.4) is 0 Å². The van der Waals surface area contributed by atoms with Crippen LogP contribution in [-0.2, 0) is 12.4 Å². The molecule has 0 fully saturated rings. The van der Waals surface area contributed by atoms with Crippen LogP contribution in [0.25, 0.3) is 22.4 Å². The second-order valence-corrected chi connectivity index (χ2v) is 9.10. The molecule has 224 valence electrons. The minimum absolute atomic E-state index is 0.0808. The Balaban J connectivity index is 1.26. The standard InChI is InChI=1S/C29H19F6N7O2/c30-28(31,32)18-10-22(25(36)38-13-18)16-6-8-21(9-7-16)44-27-39-14-20(15-40-27)41-26(43)42-23-11-19(29(33,34)35)12-37-24(23)17-4-2-1-3-5-17/h1-15H,(H2,36,38)(H2,41,42,43). The number of carbonyl (C=O) groups is 1. The van der Waals surface area contributed by atoms with Gasteiger partial charge >= 0.3 is 24.4 Å². The number of nitrogens with zero attached hydrogens (tertiary/aromatic N) is 4. The summed E-state index contributed by atoms with van der Waals surface area (Å²) in [6, 6.07) is 14.9. The number of urea groups is 1. The first-order valence-electron chi connectivity index (χ1n) is 12.5. The fourth-order valence-corrected chi connectivity index (χ4v) is 3.93. The summed E-state index contributed by atoms with van der Waals surface area (Å²) in [5, 5.41) is 4.81. The highest BCUT2D eigenvalue weighted by Crippen LogP contribution is 2.36. The van der Waals surface area contributed by atoms with Crippen LogP contribution < -0.4 is 21.1 Å². The first-order valence-corrected chi connectivity index (χ1v) is 12.5. The van der Waals surface area contributed by atoms with E-state index in [1.807, 2.05) is 0 Å². The fourth-order valence-electron chi connectivity index (χ4n) is 3.93. The van der Waals surface area contributed by atoms with Gasteiger partial charge in [-0.15, -0.1) is 0 Å². The summed E-state index contributed by atoms with van der Waals surface area (Å²) in [5.74, 6) is 0.166. The number of aromatic nitrogens is 4. The van der Waals surface area contributed by atoms with Gasteiger partial charge in [0.15, 0.2) is 0 Å². The number of hydrogen-bond donors (Lipinski definition) is 3. The van der Waals surface area contributed by atoms with E-state index in [4.69, 9.17) is 10.5 Å². The van der Waals surface area contributed by atoms with Crippen molar-refractivity contribution >= 4 is 23.2 Å². The maximum atomic E-state index is 13.3. The highest BCUT2D eigenvalue weighted by molar-refractivity contribution is 6.01. The number of alkyl halides is 6. The van der Waals surface area contributed by atoms with Crippen molar-refractivity contribution < 1.29 is 35.9 Å². The third kappa shape index (κ3) is 7.00. The van der Waals surface area contributed by atoms with Crippen LogP contribution in [0.5, 0.6) is 11.8 Å². The Bertz CT molecular complexity index is 1780. The van der Waals surface area contributed by atoms with Gasteiger partial charge in [0.1, 0.15) is 11.6 Å². The molecule has 0 saturated carbocycles. The van der Waals surface area contributed by atoms with Gasteiger partial charge in [-0.1, -0.05) is 42.5 Å². The van der Waals surface area contributed by atoms with E-state index in [0.717, 1.165) is 12.1 Å². The Labute approximate surface area is 244 Å². The lowest BCUT2D eigenvalue weighted by Gasteiger charge is -2.14. The maximum Gasteiger partial charge on any atom is 0.417 e. The Morgan fingerprint density at radius 2 is 1.32 bits per heavy atom. The number of pyridine rings is 2. The van der Waals surface area contributed by atoms with Crippen molar-refractivity contribution in [2.75, 3.05) is 16.4 Å². The van der Waals surface area contributed by atoms with Gasteiger partial charge in [-0.25, -0.2) is 19.7 Å². The van der Waals surface area contributed by atoms with E-state index in [2.05, 4.69) is 30.6 Å². The molecule has 0 atom stereocenters. The van der Waals surface area contributed by atoms with Gasteiger partial charge in [0.2, 0.25) is 0 Å². The monoisotopic (exact) mass is 611 g/mol. The lowest BCUT2D eigenvalue weighted by Crippen LogP contribution is -2.21.